The number of morpholine rings is 1. The molecule has 3 rings (SSSR count). The van der Waals surface area contributed by atoms with Crippen LogP contribution in [0.1, 0.15) is 28.9 Å². The van der Waals surface area contributed by atoms with Crippen LogP contribution in [0.15, 0.2) is 35.8 Å². The van der Waals surface area contributed by atoms with E-state index in [1.807, 2.05) is 29.6 Å². The van der Waals surface area contributed by atoms with Gasteiger partial charge in [-0.25, -0.2) is 4.98 Å². The van der Waals surface area contributed by atoms with Crippen molar-refractivity contribution < 1.29 is 14.3 Å². The summed E-state index contributed by atoms with van der Waals surface area (Å²) in [5.41, 5.74) is 0.673. The summed E-state index contributed by atoms with van der Waals surface area (Å²) >= 11 is 1.44. The van der Waals surface area contributed by atoms with Gasteiger partial charge in [-0.3, -0.25) is 9.59 Å². The first-order chi connectivity index (χ1) is 12.2. The highest BCUT2D eigenvalue weighted by molar-refractivity contribution is 7.12. The fourth-order valence-electron chi connectivity index (χ4n) is 2.63. The molecule has 0 unspecified atom stereocenters. The van der Waals surface area contributed by atoms with Gasteiger partial charge in [0.1, 0.15) is 5.82 Å². The fraction of sp³-hybridized carbons (Fsp3) is 0.389. The van der Waals surface area contributed by atoms with E-state index in [0.717, 1.165) is 23.8 Å². The van der Waals surface area contributed by atoms with Gasteiger partial charge in [0.15, 0.2) is 5.78 Å². The lowest BCUT2D eigenvalue weighted by molar-refractivity contribution is -0.116. The van der Waals surface area contributed by atoms with E-state index >= 15 is 0 Å². The van der Waals surface area contributed by atoms with Crippen molar-refractivity contribution in [2.75, 3.05) is 36.5 Å². The molecule has 0 aromatic carbocycles. The molecular formula is C18H21N3O3S. The maximum Gasteiger partial charge on any atom is 0.224 e. The molecule has 25 heavy (non-hydrogen) atoms. The van der Waals surface area contributed by atoms with Crippen LogP contribution in [0.5, 0.6) is 0 Å². The minimum absolute atomic E-state index is 0.0966. The summed E-state index contributed by atoms with van der Waals surface area (Å²) in [4.78, 5) is 31.2. The third kappa shape index (κ3) is 5.11. The normalized spacial score (nSPS) is 14.3. The Kier molecular flexibility index (Phi) is 6.14. The second kappa shape index (κ2) is 8.73. The topological polar surface area (TPSA) is 71.5 Å². The highest BCUT2D eigenvalue weighted by Gasteiger charge is 2.13. The van der Waals surface area contributed by atoms with Crippen molar-refractivity contribution in [3.05, 3.63) is 40.7 Å². The Bertz CT molecular complexity index is 695. The van der Waals surface area contributed by atoms with E-state index < -0.39 is 0 Å². The molecule has 0 aliphatic carbocycles. The van der Waals surface area contributed by atoms with Crippen LogP contribution in [0, 0.1) is 0 Å². The Balaban J connectivity index is 1.42. The standard InChI is InChI=1S/C18H21N3O3S/c22-15(16-4-2-12-25-16)3-1-5-18(23)20-14-6-7-17(19-13-14)21-8-10-24-11-9-21/h2,4,6-7,12-13H,1,3,5,8-11H2,(H,20,23). The molecule has 0 atom stereocenters. The Morgan fingerprint density at radius 3 is 2.72 bits per heavy atom. The minimum Gasteiger partial charge on any atom is -0.378 e. The van der Waals surface area contributed by atoms with E-state index in [1.54, 1.807) is 6.20 Å². The van der Waals surface area contributed by atoms with Crippen LogP contribution in [-0.4, -0.2) is 43.0 Å². The molecule has 1 fully saturated rings. The number of pyridine rings is 1. The molecule has 0 radical (unpaired) electrons. The molecule has 132 valence electrons. The lowest BCUT2D eigenvalue weighted by atomic mass is 10.1. The number of carbonyl (C=O) groups is 2. The number of nitrogens with zero attached hydrogens (tertiary/aromatic N) is 2. The van der Waals surface area contributed by atoms with Gasteiger partial charge >= 0.3 is 0 Å². The molecule has 7 heteroatoms. The van der Waals surface area contributed by atoms with E-state index in [0.29, 0.717) is 38.2 Å². The SMILES string of the molecule is O=C(CCCC(=O)c1cccs1)Nc1ccc(N2CCOCC2)nc1. The van der Waals surface area contributed by atoms with Gasteiger partial charge in [0.2, 0.25) is 5.91 Å². The largest absolute Gasteiger partial charge is 0.378 e. The van der Waals surface area contributed by atoms with E-state index in [2.05, 4.69) is 15.2 Å². The molecule has 1 N–H and O–H groups in total. The number of hydrogen-bond acceptors (Lipinski definition) is 6. The van der Waals surface area contributed by atoms with Crippen LogP contribution in [-0.2, 0) is 9.53 Å². The highest BCUT2D eigenvalue weighted by Crippen LogP contribution is 2.16. The van der Waals surface area contributed by atoms with E-state index in [4.69, 9.17) is 4.74 Å². The van der Waals surface area contributed by atoms with Crippen LogP contribution in [0.25, 0.3) is 0 Å². The molecule has 1 aliphatic heterocycles. The van der Waals surface area contributed by atoms with Crippen molar-refractivity contribution in [2.24, 2.45) is 0 Å². The number of ether oxygens (including phenoxy) is 1. The molecule has 2 aromatic rings. The zero-order valence-corrected chi connectivity index (χ0v) is 14.8. The predicted molar refractivity (Wildman–Crippen MR) is 98.4 cm³/mol. The summed E-state index contributed by atoms with van der Waals surface area (Å²) in [5, 5.41) is 4.71. The van der Waals surface area contributed by atoms with E-state index in [9.17, 15) is 9.59 Å². The number of thiophene rings is 1. The first-order valence-corrected chi connectivity index (χ1v) is 9.25. The number of aromatic nitrogens is 1. The Hall–Kier alpha value is -2.25. The van der Waals surface area contributed by atoms with E-state index in [1.165, 1.54) is 11.3 Å². The lowest BCUT2D eigenvalue weighted by Crippen LogP contribution is -2.36. The van der Waals surface area contributed by atoms with Crippen LogP contribution in [0.2, 0.25) is 0 Å². The zero-order chi connectivity index (χ0) is 17.5. The highest BCUT2D eigenvalue weighted by atomic mass is 32.1. The number of ketones is 1. The number of amides is 1. The smallest absolute Gasteiger partial charge is 0.224 e. The van der Waals surface area contributed by atoms with Gasteiger partial charge in [-0.1, -0.05) is 6.07 Å². The number of nitrogens with one attached hydrogen (secondary N) is 1. The molecule has 0 saturated carbocycles. The summed E-state index contributed by atoms with van der Waals surface area (Å²) in [6, 6.07) is 7.43. The van der Waals surface area contributed by atoms with Crippen molar-refractivity contribution in [3.8, 4) is 0 Å². The summed E-state index contributed by atoms with van der Waals surface area (Å²) in [6.07, 6.45) is 2.92. The third-order valence-electron chi connectivity index (χ3n) is 3.97. The summed E-state index contributed by atoms with van der Waals surface area (Å²) < 4.78 is 5.33. The van der Waals surface area contributed by atoms with Crippen LogP contribution in [0.3, 0.4) is 0 Å². The fourth-order valence-corrected chi connectivity index (χ4v) is 3.33. The number of Topliss-reactive ketones (excluding diaryl/α,β-unsaturated/α-hetero) is 1. The quantitative estimate of drug-likeness (QED) is 0.770. The summed E-state index contributed by atoms with van der Waals surface area (Å²) in [6.45, 7) is 3.09. The molecule has 1 saturated heterocycles. The first kappa shape index (κ1) is 17.6. The number of carbonyl (C=O) groups excluding carboxylic acids is 2. The Labute approximate surface area is 150 Å². The molecule has 0 spiro atoms. The van der Waals surface area contributed by atoms with Gasteiger partial charge in [0.05, 0.1) is 30.0 Å². The monoisotopic (exact) mass is 359 g/mol. The summed E-state index contributed by atoms with van der Waals surface area (Å²) in [7, 11) is 0. The minimum atomic E-state index is -0.0973. The van der Waals surface area contributed by atoms with Gasteiger partial charge in [-0.15, -0.1) is 11.3 Å². The Morgan fingerprint density at radius 2 is 2.04 bits per heavy atom. The average molecular weight is 359 g/mol. The second-order valence-corrected chi connectivity index (χ2v) is 6.75. The van der Waals surface area contributed by atoms with Crippen LogP contribution in [0.4, 0.5) is 11.5 Å². The van der Waals surface area contributed by atoms with Crippen molar-refractivity contribution in [2.45, 2.75) is 19.3 Å². The molecular weight excluding hydrogens is 338 g/mol. The Morgan fingerprint density at radius 1 is 1.20 bits per heavy atom. The van der Waals surface area contributed by atoms with Crippen molar-refractivity contribution in [1.82, 2.24) is 4.98 Å². The molecule has 1 amide bonds. The van der Waals surface area contributed by atoms with Gasteiger partial charge in [-0.2, -0.15) is 0 Å². The second-order valence-electron chi connectivity index (χ2n) is 5.81. The number of hydrogen-bond donors (Lipinski definition) is 1. The number of rotatable bonds is 7. The van der Waals surface area contributed by atoms with Crippen LogP contribution < -0.4 is 10.2 Å². The van der Waals surface area contributed by atoms with Crippen molar-refractivity contribution in [1.29, 1.82) is 0 Å². The molecule has 2 aromatic heterocycles. The van der Waals surface area contributed by atoms with Gasteiger partial charge < -0.3 is 15.0 Å². The maximum absolute atomic E-state index is 12.0. The number of anilines is 2. The van der Waals surface area contributed by atoms with Crippen LogP contribution >= 0.6 is 11.3 Å². The summed E-state index contributed by atoms with van der Waals surface area (Å²) in [5.74, 6) is 0.891. The van der Waals surface area contributed by atoms with Crippen molar-refractivity contribution >= 4 is 34.5 Å². The average Bonchev–Trinajstić information content (AvgIpc) is 3.18. The predicted octanol–water partition coefficient (Wildman–Crippen LogP) is 2.97. The molecule has 3 heterocycles. The van der Waals surface area contributed by atoms with Crippen molar-refractivity contribution in [3.63, 3.8) is 0 Å². The van der Waals surface area contributed by atoms with Gasteiger partial charge in [0.25, 0.3) is 0 Å². The molecule has 1 aliphatic rings. The third-order valence-corrected chi connectivity index (χ3v) is 4.88. The maximum atomic E-state index is 12.0. The first-order valence-electron chi connectivity index (χ1n) is 8.38. The lowest BCUT2D eigenvalue weighted by Gasteiger charge is -2.27. The molecule has 6 nitrogen and oxygen atoms in total. The van der Waals surface area contributed by atoms with E-state index in [-0.39, 0.29) is 11.7 Å². The van der Waals surface area contributed by atoms with Gasteiger partial charge in [0, 0.05) is 25.9 Å². The zero-order valence-electron chi connectivity index (χ0n) is 13.9. The molecule has 0 bridgehead atoms. The van der Waals surface area contributed by atoms with Gasteiger partial charge in [-0.05, 0) is 30.0 Å².